The van der Waals surface area contributed by atoms with Crippen molar-refractivity contribution >= 4 is 32.5 Å². The molecule has 4 rings (SSSR count). The molecule has 1 aromatic carbocycles. The Morgan fingerprint density at radius 2 is 2.03 bits per heavy atom. The van der Waals surface area contributed by atoms with Gasteiger partial charge in [0.05, 0.1) is 30.7 Å². The monoisotopic (exact) mass is 464 g/mol. The van der Waals surface area contributed by atoms with E-state index in [1.54, 1.807) is 12.3 Å². The van der Waals surface area contributed by atoms with Crippen LogP contribution in [0.15, 0.2) is 30.6 Å². The molecule has 3 aromatic rings. The van der Waals surface area contributed by atoms with Crippen LogP contribution in [-0.4, -0.2) is 50.5 Å². The van der Waals surface area contributed by atoms with Gasteiger partial charge < -0.3 is 14.6 Å². The molecule has 0 spiro atoms. The predicted octanol–water partition coefficient (Wildman–Crippen LogP) is 2.65. The molecule has 0 radical (unpaired) electrons. The van der Waals surface area contributed by atoms with Crippen molar-refractivity contribution in [2.45, 2.75) is 18.6 Å². The van der Waals surface area contributed by atoms with Crippen molar-refractivity contribution in [1.82, 2.24) is 9.97 Å². The average Bonchev–Trinajstić information content (AvgIpc) is 3.19. The second kappa shape index (κ2) is 8.57. The van der Waals surface area contributed by atoms with E-state index in [1.165, 1.54) is 13.1 Å². The predicted molar refractivity (Wildman–Crippen MR) is 115 cm³/mol. The molecule has 32 heavy (non-hydrogen) atoms. The topological polar surface area (TPSA) is 118 Å². The Labute approximate surface area is 183 Å². The van der Waals surface area contributed by atoms with E-state index in [1.807, 2.05) is 4.90 Å². The van der Waals surface area contributed by atoms with Crippen LogP contribution in [0.3, 0.4) is 0 Å². The van der Waals surface area contributed by atoms with E-state index in [-0.39, 0.29) is 17.5 Å². The number of primary sulfonamides is 1. The van der Waals surface area contributed by atoms with Crippen LogP contribution in [0.2, 0.25) is 0 Å². The number of carbonyl (C=O) groups excluding carboxylic acids is 1. The Bertz CT molecular complexity index is 1290. The molecule has 3 N–H and O–H groups in total. The molecule has 0 aliphatic carbocycles. The highest BCUT2D eigenvalue weighted by atomic mass is 32.2. The summed E-state index contributed by atoms with van der Waals surface area (Å²) < 4.78 is 59.0. The number of fused-ring (bicyclic) bond motifs is 1. The van der Waals surface area contributed by atoms with Gasteiger partial charge in [-0.1, -0.05) is 13.0 Å². The van der Waals surface area contributed by atoms with E-state index < -0.39 is 38.3 Å². The van der Waals surface area contributed by atoms with E-state index >= 15 is 4.39 Å². The molecule has 2 aromatic heterocycles. The number of nitrogens with one attached hydrogen (secondary N) is 1. The lowest BCUT2D eigenvalue weighted by molar-refractivity contribution is 0.103. The number of hydrogen-bond acceptors (Lipinski definition) is 6. The molecule has 1 aliphatic rings. The van der Waals surface area contributed by atoms with Gasteiger partial charge in [-0.3, -0.25) is 4.79 Å². The van der Waals surface area contributed by atoms with Gasteiger partial charge in [0.25, 0.3) is 0 Å². The smallest absolute Gasteiger partial charge is 0.216 e. The lowest BCUT2D eigenvalue weighted by Crippen LogP contribution is -2.36. The quantitative estimate of drug-likeness (QED) is 0.542. The zero-order chi connectivity index (χ0) is 23.0. The number of sulfonamides is 1. The molecule has 170 valence electrons. The van der Waals surface area contributed by atoms with E-state index in [0.717, 1.165) is 17.8 Å². The molecule has 1 fully saturated rings. The fraction of sp³-hybridized carbons (Fsp3) is 0.333. The van der Waals surface area contributed by atoms with Crippen molar-refractivity contribution < 1.29 is 26.7 Å². The molecule has 1 atom stereocenters. The van der Waals surface area contributed by atoms with Crippen molar-refractivity contribution in [3.8, 4) is 0 Å². The number of benzene rings is 1. The molecule has 1 unspecified atom stereocenters. The van der Waals surface area contributed by atoms with Crippen LogP contribution in [0.1, 0.15) is 40.1 Å². The van der Waals surface area contributed by atoms with E-state index in [4.69, 9.17) is 9.88 Å². The average molecular weight is 464 g/mol. The number of aromatic amines is 1. The van der Waals surface area contributed by atoms with Crippen LogP contribution < -0.4 is 10.0 Å². The Balaban J connectivity index is 1.80. The third kappa shape index (κ3) is 3.98. The number of nitrogens with zero attached hydrogens (tertiary/aromatic N) is 2. The highest BCUT2D eigenvalue weighted by Gasteiger charge is 2.30. The van der Waals surface area contributed by atoms with Gasteiger partial charge in [-0.25, -0.2) is 27.3 Å². The first-order valence-electron chi connectivity index (χ1n) is 10.1. The molecule has 0 saturated carbocycles. The number of morpholine rings is 1. The summed E-state index contributed by atoms with van der Waals surface area (Å²) in [5, 5.41) is 4.22. The molecule has 1 saturated heterocycles. The SMILES string of the molecule is CCC(c1ccc(F)c(C(=O)c2c[nH]c3ncc(N4CCOCC4)cc23)c1F)S(N)(=O)=O. The van der Waals surface area contributed by atoms with Crippen molar-refractivity contribution in [3.63, 3.8) is 0 Å². The zero-order valence-electron chi connectivity index (χ0n) is 17.3. The van der Waals surface area contributed by atoms with Crippen LogP contribution in [0, 0.1) is 11.6 Å². The highest BCUT2D eigenvalue weighted by Crippen LogP contribution is 2.32. The van der Waals surface area contributed by atoms with Crippen molar-refractivity contribution in [2.24, 2.45) is 5.14 Å². The fourth-order valence-corrected chi connectivity index (χ4v) is 4.96. The number of rotatable bonds is 6. The summed E-state index contributed by atoms with van der Waals surface area (Å²) in [5.74, 6) is -3.24. The summed E-state index contributed by atoms with van der Waals surface area (Å²) in [6.07, 6.45) is 2.96. The molecular weight excluding hydrogens is 442 g/mol. The summed E-state index contributed by atoms with van der Waals surface area (Å²) >= 11 is 0. The maximum Gasteiger partial charge on any atom is 0.216 e. The molecule has 3 heterocycles. The van der Waals surface area contributed by atoms with Crippen LogP contribution in [-0.2, 0) is 14.8 Å². The van der Waals surface area contributed by atoms with Gasteiger partial charge in [-0.15, -0.1) is 0 Å². The molecule has 11 heteroatoms. The van der Waals surface area contributed by atoms with Crippen LogP contribution in [0.5, 0.6) is 0 Å². The number of aromatic nitrogens is 2. The second-order valence-corrected chi connectivity index (χ2v) is 9.28. The van der Waals surface area contributed by atoms with Gasteiger partial charge in [-0.05, 0) is 18.6 Å². The minimum atomic E-state index is -4.16. The van der Waals surface area contributed by atoms with Crippen LogP contribution in [0.25, 0.3) is 11.0 Å². The molecule has 8 nitrogen and oxygen atoms in total. The first-order chi connectivity index (χ1) is 15.2. The van der Waals surface area contributed by atoms with Crippen LogP contribution >= 0.6 is 0 Å². The number of halogens is 2. The summed E-state index contributed by atoms with van der Waals surface area (Å²) in [7, 11) is -4.16. The maximum atomic E-state index is 15.3. The largest absolute Gasteiger partial charge is 0.378 e. The first-order valence-corrected chi connectivity index (χ1v) is 11.7. The van der Waals surface area contributed by atoms with Crippen molar-refractivity contribution in [1.29, 1.82) is 0 Å². The van der Waals surface area contributed by atoms with Crippen molar-refractivity contribution in [3.05, 3.63) is 58.9 Å². The Morgan fingerprint density at radius 3 is 2.69 bits per heavy atom. The van der Waals surface area contributed by atoms with Crippen LogP contribution in [0.4, 0.5) is 14.5 Å². The molecule has 1 aliphatic heterocycles. The Morgan fingerprint density at radius 1 is 1.31 bits per heavy atom. The minimum absolute atomic E-state index is 0.0289. The van der Waals surface area contributed by atoms with Gasteiger partial charge in [0, 0.05) is 35.8 Å². The number of carbonyl (C=O) groups is 1. The normalized spacial score (nSPS) is 15.8. The standard InChI is InChI=1S/C21H22F2N4O4S/c1-2-17(32(24,29)30)13-3-4-16(22)18(19(13)23)20(28)15-11-26-21-14(15)9-12(10-25-21)27-5-7-31-8-6-27/h3-4,9-11,17H,2,5-8H2,1H3,(H,25,26)(H2,24,29,30). The lowest BCUT2D eigenvalue weighted by atomic mass is 9.98. The van der Waals surface area contributed by atoms with Gasteiger partial charge in [0.1, 0.15) is 22.5 Å². The number of pyridine rings is 1. The number of ether oxygens (including phenoxy) is 1. The Kier molecular flexibility index (Phi) is 5.97. The summed E-state index contributed by atoms with van der Waals surface area (Å²) in [5.41, 5.74) is -0.00192. The van der Waals surface area contributed by atoms with Crippen molar-refractivity contribution in [2.75, 3.05) is 31.2 Å². The van der Waals surface area contributed by atoms with E-state index in [2.05, 4.69) is 9.97 Å². The first kappa shape index (κ1) is 22.3. The molecule has 0 amide bonds. The number of anilines is 1. The fourth-order valence-electron chi connectivity index (χ4n) is 3.96. The highest BCUT2D eigenvalue weighted by molar-refractivity contribution is 7.89. The minimum Gasteiger partial charge on any atom is -0.378 e. The summed E-state index contributed by atoms with van der Waals surface area (Å²) in [6, 6.07) is 3.62. The molecular formula is C21H22F2N4O4S. The van der Waals surface area contributed by atoms with Gasteiger partial charge >= 0.3 is 0 Å². The van der Waals surface area contributed by atoms with E-state index in [9.17, 15) is 17.6 Å². The number of nitrogens with two attached hydrogens (primary N) is 1. The van der Waals surface area contributed by atoms with E-state index in [0.29, 0.717) is 37.3 Å². The third-order valence-electron chi connectivity index (χ3n) is 5.60. The molecule has 0 bridgehead atoms. The third-order valence-corrected chi connectivity index (χ3v) is 6.98. The lowest BCUT2D eigenvalue weighted by Gasteiger charge is -2.28. The number of ketones is 1. The number of hydrogen-bond donors (Lipinski definition) is 2. The van der Waals surface area contributed by atoms with Gasteiger partial charge in [0.15, 0.2) is 0 Å². The Hall–Kier alpha value is -2.89. The maximum absolute atomic E-state index is 15.3. The van der Waals surface area contributed by atoms with Gasteiger partial charge in [-0.2, -0.15) is 0 Å². The number of H-pyrrole nitrogens is 1. The van der Waals surface area contributed by atoms with Gasteiger partial charge in [0.2, 0.25) is 15.8 Å². The summed E-state index contributed by atoms with van der Waals surface area (Å²) in [6.45, 7) is 3.93. The second-order valence-electron chi connectivity index (χ2n) is 7.53. The summed E-state index contributed by atoms with van der Waals surface area (Å²) in [4.78, 5) is 22.4. The zero-order valence-corrected chi connectivity index (χ0v) is 18.1.